The SMILES string of the molecule is CN(C)Cc1cc(C[C@@H]2C[C@H](NCC3CC3)C2(C)C)no1. The summed E-state index contributed by atoms with van der Waals surface area (Å²) in [4.78, 5) is 2.11. The molecule has 2 atom stereocenters. The molecule has 118 valence electrons. The van der Waals surface area contributed by atoms with Crippen LogP contribution in [0.1, 0.15) is 44.6 Å². The van der Waals surface area contributed by atoms with Gasteiger partial charge in [0.2, 0.25) is 0 Å². The molecule has 0 saturated heterocycles. The van der Waals surface area contributed by atoms with Crippen LogP contribution in [-0.4, -0.2) is 36.7 Å². The Morgan fingerprint density at radius 3 is 2.76 bits per heavy atom. The van der Waals surface area contributed by atoms with Crippen LogP contribution in [0.25, 0.3) is 0 Å². The molecule has 0 aliphatic heterocycles. The fraction of sp³-hybridized carbons (Fsp3) is 0.824. The summed E-state index contributed by atoms with van der Waals surface area (Å²) in [6, 6.07) is 2.80. The third-order valence-corrected chi connectivity index (χ3v) is 5.36. The molecule has 2 aliphatic carbocycles. The molecular formula is C17H29N3O. The summed E-state index contributed by atoms with van der Waals surface area (Å²) < 4.78 is 5.42. The minimum Gasteiger partial charge on any atom is -0.360 e. The minimum atomic E-state index is 0.371. The average molecular weight is 291 g/mol. The lowest BCUT2D eigenvalue weighted by atomic mass is 9.57. The molecule has 1 aromatic heterocycles. The number of rotatable bonds is 7. The summed E-state index contributed by atoms with van der Waals surface area (Å²) in [6.45, 7) is 6.84. The number of hydrogen-bond acceptors (Lipinski definition) is 4. The van der Waals surface area contributed by atoms with Crippen molar-refractivity contribution in [2.75, 3.05) is 20.6 Å². The predicted octanol–water partition coefficient (Wildman–Crippen LogP) is 2.69. The highest BCUT2D eigenvalue weighted by molar-refractivity contribution is 5.11. The third-order valence-electron chi connectivity index (χ3n) is 5.36. The maximum absolute atomic E-state index is 5.42. The van der Waals surface area contributed by atoms with Crippen LogP contribution in [0.2, 0.25) is 0 Å². The van der Waals surface area contributed by atoms with Crippen molar-refractivity contribution in [1.82, 2.24) is 15.4 Å². The largest absolute Gasteiger partial charge is 0.360 e. The Morgan fingerprint density at radius 1 is 1.38 bits per heavy atom. The summed E-state index contributed by atoms with van der Waals surface area (Å²) in [5, 5.41) is 8.01. The van der Waals surface area contributed by atoms with Crippen molar-refractivity contribution in [3.8, 4) is 0 Å². The van der Waals surface area contributed by atoms with Crippen LogP contribution in [0, 0.1) is 17.3 Å². The van der Waals surface area contributed by atoms with Crippen molar-refractivity contribution in [3.05, 3.63) is 17.5 Å². The third kappa shape index (κ3) is 3.49. The van der Waals surface area contributed by atoms with Crippen LogP contribution < -0.4 is 5.32 Å². The Labute approximate surface area is 128 Å². The van der Waals surface area contributed by atoms with Crippen molar-refractivity contribution in [3.63, 3.8) is 0 Å². The molecule has 3 rings (SSSR count). The van der Waals surface area contributed by atoms with Crippen LogP contribution in [0.5, 0.6) is 0 Å². The van der Waals surface area contributed by atoms with E-state index in [1.807, 2.05) is 14.1 Å². The van der Waals surface area contributed by atoms with Gasteiger partial charge in [-0.15, -0.1) is 0 Å². The fourth-order valence-corrected chi connectivity index (χ4v) is 3.43. The lowest BCUT2D eigenvalue weighted by Crippen LogP contribution is -2.57. The van der Waals surface area contributed by atoms with Crippen molar-refractivity contribution >= 4 is 0 Å². The Hall–Kier alpha value is -0.870. The highest BCUT2D eigenvalue weighted by Gasteiger charge is 2.48. The molecule has 0 spiro atoms. The lowest BCUT2D eigenvalue weighted by molar-refractivity contribution is 0.0131. The molecule has 0 radical (unpaired) electrons. The zero-order chi connectivity index (χ0) is 15.0. The summed E-state index contributed by atoms with van der Waals surface area (Å²) in [7, 11) is 4.10. The maximum Gasteiger partial charge on any atom is 0.150 e. The van der Waals surface area contributed by atoms with Gasteiger partial charge in [0.15, 0.2) is 5.76 Å². The maximum atomic E-state index is 5.42. The fourth-order valence-electron chi connectivity index (χ4n) is 3.43. The summed E-state index contributed by atoms with van der Waals surface area (Å²) in [5.41, 5.74) is 1.49. The molecule has 0 aromatic carbocycles. The van der Waals surface area contributed by atoms with Gasteiger partial charge in [0.05, 0.1) is 12.2 Å². The molecule has 21 heavy (non-hydrogen) atoms. The monoisotopic (exact) mass is 291 g/mol. The number of aromatic nitrogens is 1. The van der Waals surface area contributed by atoms with E-state index in [1.165, 1.54) is 25.8 Å². The molecule has 0 unspecified atom stereocenters. The van der Waals surface area contributed by atoms with Gasteiger partial charge in [0, 0.05) is 12.1 Å². The van der Waals surface area contributed by atoms with Gasteiger partial charge >= 0.3 is 0 Å². The number of hydrogen-bond donors (Lipinski definition) is 1. The zero-order valence-electron chi connectivity index (χ0n) is 13.9. The molecule has 2 fully saturated rings. The first-order valence-corrected chi connectivity index (χ1v) is 8.27. The minimum absolute atomic E-state index is 0.371. The molecule has 2 saturated carbocycles. The second-order valence-electron chi connectivity index (χ2n) is 7.88. The van der Waals surface area contributed by atoms with Crippen molar-refractivity contribution in [1.29, 1.82) is 0 Å². The lowest BCUT2D eigenvalue weighted by Gasteiger charge is -2.52. The highest BCUT2D eigenvalue weighted by atomic mass is 16.5. The van der Waals surface area contributed by atoms with E-state index in [2.05, 4.69) is 35.3 Å². The van der Waals surface area contributed by atoms with Crippen molar-refractivity contribution in [2.24, 2.45) is 17.3 Å². The normalized spacial score (nSPS) is 27.9. The van der Waals surface area contributed by atoms with Gasteiger partial charge in [-0.2, -0.15) is 0 Å². The number of nitrogens with one attached hydrogen (secondary N) is 1. The second kappa shape index (κ2) is 5.73. The standard InChI is InChI=1S/C17H29N3O/c1-17(2)13(8-16(17)18-10-12-5-6-12)7-14-9-15(21-19-14)11-20(3)4/h9,12-13,16,18H,5-8,10-11H2,1-4H3/t13-,16+/m1/s1. The summed E-state index contributed by atoms with van der Waals surface area (Å²) in [6.07, 6.45) is 5.18. The molecule has 2 aliphatic rings. The van der Waals surface area contributed by atoms with Gasteiger partial charge in [-0.1, -0.05) is 19.0 Å². The van der Waals surface area contributed by atoms with Crippen LogP contribution in [0.3, 0.4) is 0 Å². The first kappa shape index (κ1) is 15.0. The van der Waals surface area contributed by atoms with E-state index in [0.29, 0.717) is 17.4 Å². The van der Waals surface area contributed by atoms with Crippen LogP contribution >= 0.6 is 0 Å². The average Bonchev–Trinajstić information content (AvgIpc) is 3.13. The highest BCUT2D eigenvalue weighted by Crippen LogP contribution is 2.48. The van der Waals surface area contributed by atoms with E-state index in [1.54, 1.807) is 0 Å². The van der Waals surface area contributed by atoms with E-state index >= 15 is 0 Å². The van der Waals surface area contributed by atoms with Crippen molar-refractivity contribution < 1.29 is 4.52 Å². The molecule has 0 amide bonds. The Kier molecular flexibility index (Phi) is 4.10. The van der Waals surface area contributed by atoms with Crippen LogP contribution in [0.4, 0.5) is 0 Å². The predicted molar refractivity (Wildman–Crippen MR) is 84.0 cm³/mol. The first-order valence-electron chi connectivity index (χ1n) is 8.27. The Balaban J connectivity index is 1.50. The smallest absolute Gasteiger partial charge is 0.150 e. The number of nitrogens with zero attached hydrogens (tertiary/aromatic N) is 2. The van der Waals surface area contributed by atoms with Crippen molar-refractivity contribution in [2.45, 2.75) is 52.1 Å². The van der Waals surface area contributed by atoms with Gasteiger partial charge in [-0.05, 0) is 63.6 Å². The summed E-state index contributed by atoms with van der Waals surface area (Å²) in [5.74, 6) is 2.64. The molecule has 1 N–H and O–H groups in total. The topological polar surface area (TPSA) is 41.3 Å². The van der Waals surface area contributed by atoms with Gasteiger partial charge < -0.3 is 14.7 Å². The molecular weight excluding hydrogens is 262 g/mol. The van der Waals surface area contributed by atoms with Gasteiger partial charge in [0.25, 0.3) is 0 Å². The van der Waals surface area contributed by atoms with Gasteiger partial charge in [-0.25, -0.2) is 0 Å². The van der Waals surface area contributed by atoms with Gasteiger partial charge in [0.1, 0.15) is 0 Å². The van der Waals surface area contributed by atoms with E-state index in [4.69, 9.17) is 4.52 Å². The van der Waals surface area contributed by atoms with E-state index in [9.17, 15) is 0 Å². The molecule has 1 aromatic rings. The van der Waals surface area contributed by atoms with Crippen LogP contribution in [-0.2, 0) is 13.0 Å². The first-order chi connectivity index (χ1) is 9.95. The summed E-state index contributed by atoms with van der Waals surface area (Å²) >= 11 is 0. The van der Waals surface area contributed by atoms with E-state index in [-0.39, 0.29) is 0 Å². The molecule has 0 bridgehead atoms. The Bertz CT molecular complexity index is 476. The quantitative estimate of drug-likeness (QED) is 0.838. The van der Waals surface area contributed by atoms with Crippen LogP contribution in [0.15, 0.2) is 10.6 Å². The zero-order valence-corrected chi connectivity index (χ0v) is 13.9. The molecule has 1 heterocycles. The second-order valence-corrected chi connectivity index (χ2v) is 7.88. The Morgan fingerprint density at radius 2 is 2.14 bits per heavy atom. The van der Waals surface area contributed by atoms with E-state index < -0.39 is 0 Å². The van der Waals surface area contributed by atoms with Gasteiger partial charge in [-0.3, -0.25) is 0 Å². The molecule has 4 nitrogen and oxygen atoms in total. The van der Waals surface area contributed by atoms with E-state index in [0.717, 1.165) is 30.3 Å². The molecule has 4 heteroatoms.